The lowest BCUT2D eigenvalue weighted by molar-refractivity contribution is -0.143. The van der Waals surface area contributed by atoms with Crippen LogP contribution in [-0.4, -0.2) is 47.4 Å². The number of ether oxygens (including phenoxy) is 1. The first-order chi connectivity index (χ1) is 30.5. The molecule has 6 heteroatoms. The minimum atomic E-state index is -0.863. The highest BCUT2D eigenvalue weighted by Crippen LogP contribution is 2.15. The van der Waals surface area contributed by atoms with Gasteiger partial charge in [-0.05, 0) is 83.5 Å². The van der Waals surface area contributed by atoms with E-state index in [1.807, 2.05) is 6.08 Å². The van der Waals surface area contributed by atoms with Crippen LogP contribution >= 0.6 is 0 Å². The first-order valence-electron chi connectivity index (χ1n) is 26.9. The topological polar surface area (TPSA) is 95.9 Å². The summed E-state index contributed by atoms with van der Waals surface area (Å²) >= 11 is 0. The first-order valence-corrected chi connectivity index (χ1v) is 26.9. The van der Waals surface area contributed by atoms with Crippen molar-refractivity contribution in [3.8, 4) is 0 Å². The Labute approximate surface area is 385 Å². The van der Waals surface area contributed by atoms with Gasteiger partial charge in [0.2, 0.25) is 5.91 Å². The molecule has 62 heavy (non-hydrogen) atoms. The van der Waals surface area contributed by atoms with Gasteiger partial charge in [0.15, 0.2) is 0 Å². The summed E-state index contributed by atoms with van der Waals surface area (Å²) in [6.45, 7) is 4.81. The smallest absolute Gasteiger partial charge is 0.305 e. The quantitative estimate of drug-likeness (QED) is 0.0322. The van der Waals surface area contributed by atoms with E-state index >= 15 is 0 Å². The summed E-state index contributed by atoms with van der Waals surface area (Å²) in [5, 5.41) is 23.1. The number of carbonyl (C=O) groups excluding carboxylic acids is 2. The summed E-state index contributed by atoms with van der Waals surface area (Å²) < 4.78 is 5.44. The second kappa shape index (κ2) is 51.5. The highest BCUT2D eigenvalue weighted by atomic mass is 16.5. The molecule has 362 valence electrons. The fourth-order valence-corrected chi connectivity index (χ4v) is 7.88. The Bertz CT molecular complexity index is 1050. The van der Waals surface area contributed by atoms with Gasteiger partial charge in [-0.2, -0.15) is 0 Å². The third-order valence-corrected chi connectivity index (χ3v) is 12.1. The maximum Gasteiger partial charge on any atom is 0.305 e. The summed E-state index contributed by atoms with van der Waals surface area (Å²) in [5.74, 6) is -0.128. The van der Waals surface area contributed by atoms with E-state index in [2.05, 4.69) is 55.6 Å². The Morgan fingerprint density at radius 1 is 0.452 bits per heavy atom. The number of allylic oxidation sites excluding steroid dienone is 7. The number of aliphatic hydroxyl groups is 2. The lowest BCUT2D eigenvalue weighted by Gasteiger charge is -2.19. The number of hydrogen-bond acceptors (Lipinski definition) is 5. The van der Waals surface area contributed by atoms with Crippen LogP contribution in [0.4, 0.5) is 0 Å². The average molecular weight is 870 g/mol. The predicted octanol–water partition coefficient (Wildman–Crippen LogP) is 16.2. The lowest BCUT2D eigenvalue weighted by Crippen LogP contribution is -2.45. The van der Waals surface area contributed by atoms with Crippen molar-refractivity contribution in [2.75, 3.05) is 13.2 Å². The summed E-state index contributed by atoms with van der Waals surface area (Å²) in [6.07, 6.45) is 64.0. The highest BCUT2D eigenvalue weighted by molar-refractivity contribution is 5.76. The van der Waals surface area contributed by atoms with Gasteiger partial charge in [0.05, 0.1) is 25.4 Å². The molecular formula is C56H103NO5. The molecule has 0 aliphatic heterocycles. The summed E-state index contributed by atoms with van der Waals surface area (Å²) in [6, 6.07) is -0.650. The van der Waals surface area contributed by atoms with Crippen molar-refractivity contribution in [2.24, 2.45) is 0 Å². The minimum Gasteiger partial charge on any atom is -0.466 e. The highest BCUT2D eigenvalue weighted by Gasteiger charge is 2.18. The molecule has 0 aliphatic rings. The Balaban J connectivity index is 3.56. The number of amides is 1. The molecule has 0 saturated carbocycles. The van der Waals surface area contributed by atoms with E-state index in [1.165, 1.54) is 161 Å². The van der Waals surface area contributed by atoms with Gasteiger partial charge in [0, 0.05) is 12.8 Å². The van der Waals surface area contributed by atoms with Crippen LogP contribution in [0.1, 0.15) is 271 Å². The summed E-state index contributed by atoms with van der Waals surface area (Å²) in [4.78, 5) is 24.5. The van der Waals surface area contributed by atoms with Gasteiger partial charge in [0.25, 0.3) is 0 Å². The molecule has 6 nitrogen and oxygen atoms in total. The van der Waals surface area contributed by atoms with Crippen LogP contribution in [0.3, 0.4) is 0 Å². The van der Waals surface area contributed by atoms with Crippen LogP contribution in [0, 0.1) is 0 Å². The number of unbranched alkanes of at least 4 members (excludes halogenated alkanes) is 32. The maximum absolute atomic E-state index is 12.4. The van der Waals surface area contributed by atoms with Crippen molar-refractivity contribution in [3.63, 3.8) is 0 Å². The van der Waals surface area contributed by atoms with E-state index in [-0.39, 0.29) is 18.5 Å². The minimum absolute atomic E-state index is 0.0292. The molecule has 0 fully saturated rings. The maximum atomic E-state index is 12.4. The molecule has 1 amide bonds. The monoisotopic (exact) mass is 870 g/mol. The molecule has 0 spiro atoms. The van der Waals surface area contributed by atoms with Crippen molar-refractivity contribution < 1.29 is 24.5 Å². The van der Waals surface area contributed by atoms with Gasteiger partial charge in [-0.25, -0.2) is 0 Å². The molecule has 0 bridgehead atoms. The van der Waals surface area contributed by atoms with E-state index < -0.39 is 12.1 Å². The van der Waals surface area contributed by atoms with Gasteiger partial charge < -0.3 is 20.3 Å². The number of nitrogens with one attached hydrogen (secondary N) is 1. The van der Waals surface area contributed by atoms with Crippen molar-refractivity contribution >= 4 is 11.9 Å². The van der Waals surface area contributed by atoms with Gasteiger partial charge in [-0.3, -0.25) is 9.59 Å². The predicted molar refractivity (Wildman–Crippen MR) is 269 cm³/mol. The fourth-order valence-electron chi connectivity index (χ4n) is 7.88. The number of rotatable bonds is 49. The normalized spacial score (nSPS) is 13.0. The van der Waals surface area contributed by atoms with Crippen molar-refractivity contribution in [1.29, 1.82) is 0 Å². The van der Waals surface area contributed by atoms with E-state index in [4.69, 9.17) is 4.74 Å². The van der Waals surface area contributed by atoms with Crippen LogP contribution in [0.25, 0.3) is 0 Å². The van der Waals surface area contributed by atoms with Crippen molar-refractivity contribution in [2.45, 2.75) is 283 Å². The van der Waals surface area contributed by atoms with Crippen molar-refractivity contribution in [3.05, 3.63) is 48.6 Å². The number of esters is 1. The molecule has 2 atom stereocenters. The molecule has 0 heterocycles. The third kappa shape index (κ3) is 47.3. The van der Waals surface area contributed by atoms with Gasteiger partial charge in [-0.1, -0.05) is 223 Å². The molecule has 0 rings (SSSR count). The Morgan fingerprint density at radius 3 is 1.31 bits per heavy atom. The summed E-state index contributed by atoms with van der Waals surface area (Å²) in [7, 11) is 0. The molecule has 0 saturated heterocycles. The molecule has 0 aromatic rings. The van der Waals surface area contributed by atoms with Crippen LogP contribution in [0.2, 0.25) is 0 Å². The number of aliphatic hydroxyl groups excluding tert-OH is 2. The summed E-state index contributed by atoms with van der Waals surface area (Å²) in [5.41, 5.74) is 0. The van der Waals surface area contributed by atoms with E-state index in [9.17, 15) is 19.8 Å². The second-order valence-electron chi connectivity index (χ2n) is 18.2. The molecule has 0 radical (unpaired) electrons. The fraction of sp³-hybridized carbons (Fsp3) is 0.821. The van der Waals surface area contributed by atoms with E-state index in [1.54, 1.807) is 6.08 Å². The zero-order chi connectivity index (χ0) is 45.1. The van der Waals surface area contributed by atoms with E-state index in [0.29, 0.717) is 19.4 Å². The SMILES string of the molecule is CCCC/C=C\C/C=C\CCCCCCCC(=O)OCCCCCCCC/C=C\CCCCCC(=O)NC(CO)C(O)/C=C/CCCCCCCCCCCCCCCCCC. The third-order valence-electron chi connectivity index (χ3n) is 12.1. The largest absolute Gasteiger partial charge is 0.466 e. The average Bonchev–Trinajstić information content (AvgIpc) is 3.27. The molecule has 0 aromatic carbocycles. The zero-order valence-corrected chi connectivity index (χ0v) is 41.1. The molecule has 0 aromatic heterocycles. The standard InChI is InChI=1S/C56H103NO5/c1-3-5-7-9-11-13-15-17-19-20-21-22-24-28-32-36-40-44-48-54(59)53(52-58)57-55(60)49-45-41-37-33-29-25-23-27-31-35-39-43-47-51-62-56(61)50-46-42-38-34-30-26-18-16-14-12-10-8-6-4-2/h10,12,16,18,25,29,44,48,53-54,58-59H,3-9,11,13-15,17,19-24,26-28,30-43,45-47,49-52H2,1-2H3,(H,57,60)/b12-10-,18-16-,29-25-,48-44+. The van der Waals surface area contributed by atoms with Gasteiger partial charge >= 0.3 is 5.97 Å². The van der Waals surface area contributed by atoms with Crippen LogP contribution in [0.5, 0.6) is 0 Å². The first kappa shape index (κ1) is 59.8. The number of hydrogen-bond donors (Lipinski definition) is 3. The van der Waals surface area contributed by atoms with Crippen LogP contribution in [-0.2, 0) is 14.3 Å². The van der Waals surface area contributed by atoms with Crippen LogP contribution in [0.15, 0.2) is 48.6 Å². The second-order valence-corrected chi connectivity index (χ2v) is 18.2. The van der Waals surface area contributed by atoms with E-state index in [0.717, 1.165) is 83.5 Å². The molecule has 2 unspecified atom stereocenters. The van der Waals surface area contributed by atoms with Gasteiger partial charge in [-0.15, -0.1) is 0 Å². The molecule has 3 N–H and O–H groups in total. The van der Waals surface area contributed by atoms with Crippen LogP contribution < -0.4 is 5.32 Å². The van der Waals surface area contributed by atoms with Gasteiger partial charge in [0.1, 0.15) is 0 Å². The lowest BCUT2D eigenvalue weighted by atomic mass is 10.0. The Morgan fingerprint density at radius 2 is 0.823 bits per heavy atom. The number of carbonyl (C=O) groups is 2. The Kier molecular flexibility index (Phi) is 49.6. The molecular weight excluding hydrogens is 767 g/mol. The van der Waals surface area contributed by atoms with Crippen molar-refractivity contribution in [1.82, 2.24) is 5.32 Å². The zero-order valence-electron chi connectivity index (χ0n) is 41.1. The molecule has 0 aliphatic carbocycles. The Hall–Kier alpha value is -2.18.